The number of benzene rings is 1. The molecule has 6 heteroatoms. The quantitative estimate of drug-likeness (QED) is 0.701. The number of aromatic nitrogens is 2. The highest BCUT2D eigenvalue weighted by molar-refractivity contribution is 6.02. The Kier molecular flexibility index (Phi) is 4.37. The fourth-order valence-electron chi connectivity index (χ4n) is 4.17. The van der Waals surface area contributed by atoms with Crippen LogP contribution in [0.3, 0.4) is 0 Å². The van der Waals surface area contributed by atoms with Crippen LogP contribution in [0, 0.1) is 17.2 Å². The molecule has 2 aromatic heterocycles. The van der Waals surface area contributed by atoms with E-state index in [9.17, 15) is 9.18 Å². The summed E-state index contributed by atoms with van der Waals surface area (Å²) in [7, 11) is 0. The van der Waals surface area contributed by atoms with Crippen molar-refractivity contribution in [2.24, 2.45) is 17.1 Å². The molecule has 1 fully saturated rings. The third-order valence-corrected chi connectivity index (χ3v) is 6.46. The minimum atomic E-state index is -0.532. The predicted molar refractivity (Wildman–Crippen MR) is 109 cm³/mol. The zero-order valence-corrected chi connectivity index (χ0v) is 16.4. The summed E-state index contributed by atoms with van der Waals surface area (Å²) in [5.41, 5.74) is 8.63. The Labute approximate surface area is 163 Å². The third-order valence-electron chi connectivity index (χ3n) is 6.46. The average molecular weight is 380 g/mol. The van der Waals surface area contributed by atoms with Gasteiger partial charge in [-0.05, 0) is 36.3 Å². The van der Waals surface area contributed by atoms with Crippen LogP contribution < -0.4 is 11.1 Å². The Bertz CT molecular complexity index is 1060. The zero-order chi connectivity index (χ0) is 20.1. The van der Waals surface area contributed by atoms with Gasteiger partial charge in [0.15, 0.2) is 0 Å². The van der Waals surface area contributed by atoms with E-state index in [1.165, 1.54) is 12.3 Å². The number of nitrogens with two attached hydrogens (primary N) is 1. The summed E-state index contributed by atoms with van der Waals surface area (Å²) >= 11 is 0. The second kappa shape index (κ2) is 6.62. The van der Waals surface area contributed by atoms with Crippen LogP contribution >= 0.6 is 0 Å². The maximum atomic E-state index is 14.3. The number of anilines is 1. The first-order valence-electron chi connectivity index (χ1n) is 9.61. The fourth-order valence-corrected chi connectivity index (χ4v) is 4.17. The van der Waals surface area contributed by atoms with E-state index in [2.05, 4.69) is 31.2 Å². The van der Waals surface area contributed by atoms with E-state index in [1.54, 1.807) is 28.9 Å². The molecule has 28 heavy (non-hydrogen) atoms. The van der Waals surface area contributed by atoms with Crippen molar-refractivity contribution in [1.29, 1.82) is 0 Å². The number of carbonyl (C=O) groups excluding carboxylic acids is 1. The number of primary amides is 1. The van der Waals surface area contributed by atoms with Gasteiger partial charge in [-0.2, -0.15) is 5.10 Å². The van der Waals surface area contributed by atoms with Crippen LogP contribution in [0.25, 0.3) is 16.6 Å². The molecule has 1 amide bonds. The molecular weight excluding hydrogens is 355 g/mol. The summed E-state index contributed by atoms with van der Waals surface area (Å²) < 4.78 is 15.9. The molecule has 0 bridgehead atoms. The molecule has 5 nitrogen and oxygen atoms in total. The first-order chi connectivity index (χ1) is 13.3. The molecule has 0 saturated heterocycles. The van der Waals surface area contributed by atoms with E-state index in [1.807, 2.05) is 6.07 Å². The number of rotatable bonds is 4. The number of carbonyl (C=O) groups is 1. The van der Waals surface area contributed by atoms with Gasteiger partial charge in [-0.25, -0.2) is 8.91 Å². The highest BCUT2D eigenvalue weighted by Crippen LogP contribution is 2.44. The van der Waals surface area contributed by atoms with Gasteiger partial charge in [0.25, 0.3) is 5.91 Å². The molecule has 0 aliphatic heterocycles. The van der Waals surface area contributed by atoms with Gasteiger partial charge < -0.3 is 11.1 Å². The molecular formula is C22H25FN4O. The summed E-state index contributed by atoms with van der Waals surface area (Å²) in [5, 5.41) is 7.90. The van der Waals surface area contributed by atoms with Crippen molar-refractivity contribution in [2.45, 2.75) is 39.7 Å². The van der Waals surface area contributed by atoms with Crippen LogP contribution in [-0.2, 0) is 0 Å². The largest absolute Gasteiger partial charge is 0.379 e. The molecule has 2 heterocycles. The molecule has 4 rings (SSSR count). The van der Waals surface area contributed by atoms with E-state index in [0.717, 1.165) is 12.8 Å². The lowest BCUT2D eigenvalue weighted by atomic mass is 9.80. The minimum absolute atomic E-state index is 0.0795. The number of nitrogens with one attached hydrogen (secondary N) is 1. The molecule has 1 unspecified atom stereocenters. The third kappa shape index (κ3) is 2.93. The molecule has 1 saturated carbocycles. The Morgan fingerprint density at radius 2 is 2.07 bits per heavy atom. The monoisotopic (exact) mass is 380 g/mol. The van der Waals surface area contributed by atoms with Crippen molar-refractivity contribution in [2.75, 3.05) is 5.32 Å². The highest BCUT2D eigenvalue weighted by atomic mass is 19.1. The maximum Gasteiger partial charge on any atom is 0.252 e. The van der Waals surface area contributed by atoms with Crippen molar-refractivity contribution >= 4 is 17.1 Å². The lowest BCUT2D eigenvalue weighted by molar-refractivity contribution is 0.100. The molecule has 146 valence electrons. The van der Waals surface area contributed by atoms with Gasteiger partial charge in [-0.3, -0.25) is 4.79 Å². The lowest BCUT2D eigenvalue weighted by Gasteiger charge is -2.33. The van der Waals surface area contributed by atoms with Crippen LogP contribution in [0.2, 0.25) is 0 Å². The highest BCUT2D eigenvalue weighted by Gasteiger charge is 2.41. The minimum Gasteiger partial charge on any atom is -0.379 e. The van der Waals surface area contributed by atoms with Gasteiger partial charge in [-0.1, -0.05) is 39.0 Å². The van der Waals surface area contributed by atoms with Gasteiger partial charge in [0.1, 0.15) is 5.82 Å². The molecule has 1 aromatic carbocycles. The second-order valence-corrected chi connectivity index (χ2v) is 8.33. The summed E-state index contributed by atoms with van der Waals surface area (Å²) in [6.45, 7) is 6.74. The number of halogens is 1. The van der Waals surface area contributed by atoms with Crippen LogP contribution in [0.5, 0.6) is 0 Å². The molecule has 3 N–H and O–H groups in total. The van der Waals surface area contributed by atoms with Gasteiger partial charge in [0, 0.05) is 23.4 Å². The van der Waals surface area contributed by atoms with Crippen molar-refractivity contribution in [3.63, 3.8) is 0 Å². The number of fused-ring (bicyclic) bond motifs is 1. The zero-order valence-electron chi connectivity index (χ0n) is 16.4. The van der Waals surface area contributed by atoms with Crippen molar-refractivity contribution < 1.29 is 9.18 Å². The maximum absolute atomic E-state index is 14.3. The van der Waals surface area contributed by atoms with Crippen LogP contribution in [-0.4, -0.2) is 21.6 Å². The molecule has 1 aliphatic carbocycles. The van der Waals surface area contributed by atoms with Crippen LogP contribution in [0.4, 0.5) is 10.1 Å². The average Bonchev–Trinajstić information content (AvgIpc) is 3.18. The summed E-state index contributed by atoms with van der Waals surface area (Å²) in [5.74, 6) is -0.260. The predicted octanol–water partition coefficient (Wildman–Crippen LogP) is 4.48. The molecule has 2 atom stereocenters. The van der Waals surface area contributed by atoms with Gasteiger partial charge in [0.05, 0.1) is 23.0 Å². The van der Waals surface area contributed by atoms with E-state index in [-0.39, 0.29) is 17.3 Å². The summed E-state index contributed by atoms with van der Waals surface area (Å²) in [6.07, 6.45) is 5.39. The number of nitrogens with zero attached hydrogens (tertiary/aromatic N) is 2. The van der Waals surface area contributed by atoms with Crippen LogP contribution in [0.1, 0.15) is 44.0 Å². The first kappa shape index (κ1) is 18.5. The second-order valence-electron chi connectivity index (χ2n) is 8.33. The normalized spacial score (nSPS) is 21.1. The van der Waals surface area contributed by atoms with Gasteiger partial charge in [-0.15, -0.1) is 0 Å². The fraction of sp³-hybridized carbons (Fsp3) is 0.364. The van der Waals surface area contributed by atoms with E-state index in [0.29, 0.717) is 33.8 Å². The standard InChI is InChI=1S/C22H25FN4O/c1-13-8-9-19(22(13,2)3)26-20-16(21(24)28)11-25-27-12-14(10-18(20)27)15-6-4-5-7-17(15)23/h4-7,10-13,19,26H,8-9H2,1-3H3,(H2,24,28)/t13?,19-/m1/s1. The van der Waals surface area contributed by atoms with Crippen molar-refractivity contribution in [3.05, 3.63) is 54.1 Å². The Balaban J connectivity index is 1.84. The van der Waals surface area contributed by atoms with Crippen molar-refractivity contribution in [1.82, 2.24) is 9.61 Å². The Hall–Kier alpha value is -2.89. The van der Waals surface area contributed by atoms with E-state index in [4.69, 9.17) is 5.73 Å². The summed E-state index contributed by atoms with van der Waals surface area (Å²) in [6, 6.07) is 8.68. The molecule has 3 aromatic rings. The molecule has 0 radical (unpaired) electrons. The topological polar surface area (TPSA) is 72.4 Å². The number of amides is 1. The van der Waals surface area contributed by atoms with Crippen LogP contribution in [0.15, 0.2) is 42.7 Å². The molecule has 1 aliphatic rings. The van der Waals surface area contributed by atoms with Crippen molar-refractivity contribution in [3.8, 4) is 11.1 Å². The number of hydrogen-bond acceptors (Lipinski definition) is 3. The SMILES string of the molecule is CC1CC[C@@H](Nc2c(C(N)=O)cnn3cc(-c4ccccc4F)cc23)C1(C)C. The lowest BCUT2D eigenvalue weighted by Crippen LogP contribution is -2.35. The van der Waals surface area contributed by atoms with E-state index >= 15 is 0 Å². The Morgan fingerprint density at radius 1 is 1.32 bits per heavy atom. The number of hydrogen-bond donors (Lipinski definition) is 2. The first-order valence-corrected chi connectivity index (χ1v) is 9.61. The van der Waals surface area contributed by atoms with Gasteiger partial charge in [0.2, 0.25) is 0 Å². The summed E-state index contributed by atoms with van der Waals surface area (Å²) in [4.78, 5) is 12.1. The van der Waals surface area contributed by atoms with Gasteiger partial charge >= 0.3 is 0 Å². The smallest absolute Gasteiger partial charge is 0.252 e. The van der Waals surface area contributed by atoms with E-state index < -0.39 is 5.91 Å². The molecule has 0 spiro atoms. The Morgan fingerprint density at radius 3 is 2.71 bits per heavy atom.